The summed E-state index contributed by atoms with van der Waals surface area (Å²) in [5.41, 5.74) is 0.950. The van der Waals surface area contributed by atoms with Crippen LogP contribution in [-0.4, -0.2) is 31.8 Å². The molecule has 1 aliphatic rings. The summed E-state index contributed by atoms with van der Waals surface area (Å²) in [5.74, 6) is 3.83. The monoisotopic (exact) mass is 287 g/mol. The van der Waals surface area contributed by atoms with Crippen molar-refractivity contribution in [1.82, 2.24) is 0 Å². The Bertz CT molecular complexity index is 408. The van der Waals surface area contributed by atoms with Crippen LogP contribution in [0.5, 0.6) is 11.5 Å². The number of anilines is 1. The first-order valence-electron chi connectivity index (χ1n) is 6.00. The van der Waals surface area contributed by atoms with E-state index in [-0.39, 0.29) is 0 Å². The predicted octanol–water partition coefficient (Wildman–Crippen LogP) is 3.66. The van der Waals surface area contributed by atoms with Gasteiger partial charge in [0.2, 0.25) is 0 Å². The summed E-state index contributed by atoms with van der Waals surface area (Å²) < 4.78 is 10.6. The molecule has 1 N–H and O–H groups in total. The van der Waals surface area contributed by atoms with Gasteiger partial charge in [0.15, 0.2) is 0 Å². The smallest absolute Gasteiger partial charge is 0.143 e. The minimum Gasteiger partial charge on any atom is -0.495 e. The summed E-state index contributed by atoms with van der Waals surface area (Å²) in [4.78, 5) is 0. The molecule has 3 nitrogen and oxygen atoms in total. The van der Waals surface area contributed by atoms with Gasteiger partial charge in [-0.1, -0.05) is 11.6 Å². The average molecular weight is 288 g/mol. The Morgan fingerprint density at radius 3 is 2.67 bits per heavy atom. The highest BCUT2D eigenvalue weighted by atomic mass is 35.5. The lowest BCUT2D eigenvalue weighted by molar-refractivity contribution is 0.404. The molecular formula is C13H18ClNO2S. The Hall–Kier alpha value is -0.740. The molecule has 0 amide bonds. The third-order valence-electron chi connectivity index (χ3n) is 2.99. The van der Waals surface area contributed by atoms with Gasteiger partial charge in [-0.3, -0.25) is 0 Å². The molecule has 0 saturated carbocycles. The lowest BCUT2D eigenvalue weighted by Crippen LogP contribution is -2.25. The summed E-state index contributed by atoms with van der Waals surface area (Å²) in [6.45, 7) is 0. The molecule has 0 radical (unpaired) electrons. The van der Waals surface area contributed by atoms with E-state index >= 15 is 0 Å². The van der Waals surface area contributed by atoms with E-state index in [1.54, 1.807) is 20.3 Å². The maximum Gasteiger partial charge on any atom is 0.143 e. The Morgan fingerprint density at radius 1 is 1.28 bits per heavy atom. The lowest BCUT2D eigenvalue weighted by Gasteiger charge is -2.25. The van der Waals surface area contributed by atoms with Gasteiger partial charge in [-0.15, -0.1) is 0 Å². The number of methoxy groups -OCH3 is 2. The van der Waals surface area contributed by atoms with Crippen LogP contribution in [-0.2, 0) is 0 Å². The molecule has 100 valence electrons. The average Bonchev–Trinajstić information content (AvgIpc) is 2.41. The van der Waals surface area contributed by atoms with Gasteiger partial charge in [0.1, 0.15) is 11.5 Å². The second-order valence-electron chi connectivity index (χ2n) is 4.25. The first-order valence-corrected chi connectivity index (χ1v) is 7.53. The number of ether oxygens (including phenoxy) is 2. The molecule has 1 aliphatic heterocycles. The third-order valence-corrected chi connectivity index (χ3v) is 4.50. The Balaban J connectivity index is 2.18. The quantitative estimate of drug-likeness (QED) is 0.915. The van der Waals surface area contributed by atoms with Crippen LogP contribution < -0.4 is 14.8 Å². The molecule has 0 spiro atoms. The highest BCUT2D eigenvalue weighted by Crippen LogP contribution is 2.37. The fraction of sp³-hybridized carbons (Fsp3) is 0.538. The van der Waals surface area contributed by atoms with Crippen molar-refractivity contribution in [2.24, 2.45) is 0 Å². The number of hydrogen-bond acceptors (Lipinski definition) is 4. The molecule has 1 atom stereocenters. The van der Waals surface area contributed by atoms with Crippen molar-refractivity contribution >= 4 is 29.1 Å². The van der Waals surface area contributed by atoms with Gasteiger partial charge < -0.3 is 14.8 Å². The van der Waals surface area contributed by atoms with Gasteiger partial charge in [0.05, 0.1) is 24.9 Å². The zero-order valence-electron chi connectivity index (χ0n) is 10.7. The molecule has 2 rings (SSSR count). The molecule has 1 aromatic carbocycles. The molecule has 1 fully saturated rings. The normalized spacial score (nSPS) is 19.4. The van der Waals surface area contributed by atoms with Crippen molar-refractivity contribution in [3.8, 4) is 11.5 Å². The van der Waals surface area contributed by atoms with Crippen LogP contribution in [0.2, 0.25) is 5.02 Å². The van der Waals surface area contributed by atoms with Gasteiger partial charge in [-0.05, 0) is 18.6 Å². The van der Waals surface area contributed by atoms with Crippen LogP contribution in [0.15, 0.2) is 12.1 Å². The van der Waals surface area contributed by atoms with Crippen LogP contribution in [0, 0.1) is 0 Å². The molecule has 0 aromatic heterocycles. The molecule has 1 aromatic rings. The largest absolute Gasteiger partial charge is 0.495 e. The van der Waals surface area contributed by atoms with E-state index in [1.165, 1.54) is 18.6 Å². The van der Waals surface area contributed by atoms with Gasteiger partial charge in [-0.25, -0.2) is 0 Å². The highest BCUT2D eigenvalue weighted by molar-refractivity contribution is 7.99. The molecule has 1 heterocycles. The topological polar surface area (TPSA) is 30.5 Å². The summed E-state index contributed by atoms with van der Waals surface area (Å²) in [6, 6.07) is 4.18. The lowest BCUT2D eigenvalue weighted by atomic mass is 10.1. The molecule has 0 aliphatic carbocycles. The van der Waals surface area contributed by atoms with Crippen molar-refractivity contribution < 1.29 is 9.47 Å². The Morgan fingerprint density at radius 2 is 2.06 bits per heavy atom. The first kappa shape index (κ1) is 13.7. The van der Waals surface area contributed by atoms with Crippen molar-refractivity contribution in [2.45, 2.75) is 18.9 Å². The predicted molar refractivity (Wildman–Crippen MR) is 78.5 cm³/mol. The second-order valence-corrected chi connectivity index (χ2v) is 5.80. The van der Waals surface area contributed by atoms with E-state index in [9.17, 15) is 0 Å². The first-order chi connectivity index (χ1) is 8.74. The number of halogens is 1. The van der Waals surface area contributed by atoms with Gasteiger partial charge in [-0.2, -0.15) is 11.8 Å². The maximum absolute atomic E-state index is 6.09. The minimum atomic E-state index is 0.489. The van der Waals surface area contributed by atoms with Crippen LogP contribution in [0.4, 0.5) is 5.69 Å². The Labute approximate surface area is 117 Å². The van der Waals surface area contributed by atoms with E-state index in [0.29, 0.717) is 16.8 Å². The van der Waals surface area contributed by atoms with Gasteiger partial charge >= 0.3 is 0 Å². The molecule has 1 unspecified atom stereocenters. The number of nitrogens with one attached hydrogen (secondary N) is 1. The van der Waals surface area contributed by atoms with Gasteiger partial charge in [0.25, 0.3) is 0 Å². The van der Waals surface area contributed by atoms with Crippen LogP contribution >= 0.6 is 23.4 Å². The van der Waals surface area contributed by atoms with E-state index < -0.39 is 0 Å². The second kappa shape index (κ2) is 6.43. The highest BCUT2D eigenvalue weighted by Gasteiger charge is 2.17. The summed E-state index contributed by atoms with van der Waals surface area (Å²) in [5, 5.41) is 4.09. The van der Waals surface area contributed by atoms with Crippen LogP contribution in [0.25, 0.3) is 0 Å². The number of rotatable bonds is 4. The minimum absolute atomic E-state index is 0.489. The molecule has 5 heteroatoms. The standard InChI is InChI=1S/C13H18ClNO2S/c1-16-12-7-11(13(17-2)6-10(12)14)15-9-4-3-5-18-8-9/h6-7,9,15H,3-5,8H2,1-2H3. The Kier molecular flexibility index (Phi) is 4.89. The molecule has 1 saturated heterocycles. The summed E-state index contributed by atoms with van der Waals surface area (Å²) in [7, 11) is 3.27. The van der Waals surface area contributed by atoms with Crippen molar-refractivity contribution in [3.05, 3.63) is 17.2 Å². The van der Waals surface area contributed by atoms with Crippen LogP contribution in [0.3, 0.4) is 0 Å². The third kappa shape index (κ3) is 3.18. The number of hydrogen-bond donors (Lipinski definition) is 1. The number of thioether (sulfide) groups is 1. The molecular weight excluding hydrogens is 270 g/mol. The summed E-state index contributed by atoms with van der Waals surface area (Å²) >= 11 is 8.07. The molecule has 0 bridgehead atoms. The fourth-order valence-electron chi connectivity index (χ4n) is 2.05. The summed E-state index contributed by atoms with van der Waals surface area (Å²) in [6.07, 6.45) is 2.45. The fourth-order valence-corrected chi connectivity index (χ4v) is 3.35. The van der Waals surface area contributed by atoms with Gasteiger partial charge in [0, 0.05) is 23.9 Å². The van der Waals surface area contributed by atoms with E-state index in [0.717, 1.165) is 17.2 Å². The van der Waals surface area contributed by atoms with E-state index in [1.807, 2.05) is 17.8 Å². The van der Waals surface area contributed by atoms with Crippen molar-refractivity contribution in [1.29, 1.82) is 0 Å². The SMILES string of the molecule is COc1cc(NC2CCCSC2)c(OC)cc1Cl. The van der Waals surface area contributed by atoms with Crippen molar-refractivity contribution in [3.63, 3.8) is 0 Å². The number of benzene rings is 1. The maximum atomic E-state index is 6.09. The van der Waals surface area contributed by atoms with E-state index in [2.05, 4.69) is 5.32 Å². The van der Waals surface area contributed by atoms with Crippen molar-refractivity contribution in [2.75, 3.05) is 31.0 Å². The van der Waals surface area contributed by atoms with E-state index in [4.69, 9.17) is 21.1 Å². The van der Waals surface area contributed by atoms with Crippen LogP contribution in [0.1, 0.15) is 12.8 Å². The molecule has 18 heavy (non-hydrogen) atoms. The zero-order chi connectivity index (χ0) is 13.0. The zero-order valence-corrected chi connectivity index (χ0v) is 12.2.